The number of likely N-dealkylation sites (N-methyl/N-ethyl adjacent to an activating group) is 1. The van der Waals surface area contributed by atoms with Crippen LogP contribution >= 0.6 is 0 Å². The molecule has 0 spiro atoms. The van der Waals surface area contributed by atoms with Gasteiger partial charge in [-0.2, -0.15) is 0 Å². The maximum Gasteiger partial charge on any atom is 0.234 e. The van der Waals surface area contributed by atoms with E-state index in [1.54, 1.807) is 19.0 Å². The zero-order valence-corrected chi connectivity index (χ0v) is 16.9. The van der Waals surface area contributed by atoms with Crippen LogP contribution in [0.4, 0.5) is 0 Å². The van der Waals surface area contributed by atoms with Gasteiger partial charge in [0, 0.05) is 14.1 Å². The monoisotopic (exact) mass is 419 g/mol. The normalized spacial score (nSPS) is 25.9. The second kappa shape index (κ2) is 11.2. The molecule has 1 unspecified atom stereocenters. The summed E-state index contributed by atoms with van der Waals surface area (Å²) >= 11 is 0. The number of hydrogen-bond acceptors (Lipinski definition) is 7. The standard InChI is InChI=1S/C16H17NO.C6H12O6/c1-17(2)16(18)15(13-9-5-3-6-10-13)14-11-7-4-8-12-14;7-1-2-3(8)4(9)5(10)6(11)12-2/h3-12,15H,1-2H3;2-11H,1H2/t;2-,3-,4+,5+,6?/m.1/s1. The number of hydrogen-bond donors (Lipinski definition) is 5. The van der Waals surface area contributed by atoms with E-state index in [-0.39, 0.29) is 11.8 Å². The van der Waals surface area contributed by atoms with Gasteiger partial charge in [-0.1, -0.05) is 60.7 Å². The molecule has 8 nitrogen and oxygen atoms in total. The molecule has 0 aromatic heterocycles. The zero-order valence-electron chi connectivity index (χ0n) is 16.9. The van der Waals surface area contributed by atoms with Gasteiger partial charge in [0.25, 0.3) is 0 Å². The van der Waals surface area contributed by atoms with E-state index in [1.807, 2.05) is 60.7 Å². The second-order valence-corrected chi connectivity index (χ2v) is 7.21. The zero-order chi connectivity index (χ0) is 22.3. The smallest absolute Gasteiger partial charge is 0.234 e. The quantitative estimate of drug-likeness (QED) is 0.459. The molecule has 5 N–H and O–H groups in total. The molecule has 30 heavy (non-hydrogen) atoms. The summed E-state index contributed by atoms with van der Waals surface area (Å²) in [6, 6.07) is 19.8. The van der Waals surface area contributed by atoms with Crippen molar-refractivity contribution in [1.29, 1.82) is 0 Å². The van der Waals surface area contributed by atoms with Gasteiger partial charge in [-0.05, 0) is 11.1 Å². The summed E-state index contributed by atoms with van der Waals surface area (Å²) in [6.45, 7) is -0.526. The summed E-state index contributed by atoms with van der Waals surface area (Å²) < 4.78 is 4.58. The van der Waals surface area contributed by atoms with Crippen LogP contribution in [0.3, 0.4) is 0 Å². The van der Waals surface area contributed by atoms with Gasteiger partial charge >= 0.3 is 0 Å². The Morgan fingerprint density at radius 3 is 1.73 bits per heavy atom. The molecule has 5 atom stereocenters. The Morgan fingerprint density at radius 2 is 1.33 bits per heavy atom. The van der Waals surface area contributed by atoms with Crippen molar-refractivity contribution < 1.29 is 35.1 Å². The molecule has 0 radical (unpaired) electrons. The van der Waals surface area contributed by atoms with Crippen LogP contribution in [0.15, 0.2) is 60.7 Å². The fraction of sp³-hybridized carbons (Fsp3) is 0.409. The Labute approximate surface area is 175 Å². The molecule has 2 aromatic rings. The molecule has 3 rings (SSSR count). The van der Waals surface area contributed by atoms with Crippen molar-refractivity contribution in [2.75, 3.05) is 20.7 Å². The number of carbonyl (C=O) groups is 1. The van der Waals surface area contributed by atoms with Gasteiger partial charge in [-0.15, -0.1) is 0 Å². The average Bonchev–Trinajstić information content (AvgIpc) is 2.77. The molecule has 1 saturated heterocycles. The molecule has 0 bridgehead atoms. The average molecular weight is 419 g/mol. The predicted octanol–water partition coefficient (Wildman–Crippen LogP) is -0.315. The van der Waals surface area contributed by atoms with Gasteiger partial charge in [0.2, 0.25) is 5.91 Å². The third kappa shape index (κ3) is 5.85. The van der Waals surface area contributed by atoms with E-state index in [2.05, 4.69) is 4.74 Å². The molecule has 164 valence electrons. The van der Waals surface area contributed by atoms with Gasteiger partial charge in [0.1, 0.15) is 24.4 Å². The third-order valence-corrected chi connectivity index (χ3v) is 4.82. The molecular formula is C22H29NO7. The summed E-state index contributed by atoms with van der Waals surface area (Å²) in [5, 5.41) is 44.7. The largest absolute Gasteiger partial charge is 0.394 e. The highest BCUT2D eigenvalue weighted by atomic mass is 16.6. The molecule has 2 aromatic carbocycles. The Morgan fingerprint density at radius 1 is 0.867 bits per heavy atom. The van der Waals surface area contributed by atoms with E-state index in [1.165, 1.54) is 0 Å². The lowest BCUT2D eigenvalue weighted by atomic mass is 9.90. The van der Waals surface area contributed by atoms with Crippen LogP contribution in [-0.4, -0.2) is 87.7 Å². The van der Waals surface area contributed by atoms with Crippen molar-refractivity contribution in [3.05, 3.63) is 71.8 Å². The van der Waals surface area contributed by atoms with Crippen LogP contribution in [0.2, 0.25) is 0 Å². The Bertz CT molecular complexity index is 727. The lowest BCUT2D eigenvalue weighted by molar-refractivity contribution is -0.286. The molecule has 0 aliphatic carbocycles. The number of nitrogens with zero attached hydrogens (tertiary/aromatic N) is 1. The minimum atomic E-state index is -1.57. The third-order valence-electron chi connectivity index (χ3n) is 4.82. The lowest BCUT2D eigenvalue weighted by Crippen LogP contribution is -2.58. The van der Waals surface area contributed by atoms with Crippen LogP contribution in [0.5, 0.6) is 0 Å². The number of aliphatic hydroxyl groups is 5. The first-order valence-corrected chi connectivity index (χ1v) is 9.57. The van der Waals surface area contributed by atoms with Crippen molar-refractivity contribution in [3.8, 4) is 0 Å². The van der Waals surface area contributed by atoms with Crippen molar-refractivity contribution in [3.63, 3.8) is 0 Å². The van der Waals surface area contributed by atoms with Crippen LogP contribution in [-0.2, 0) is 9.53 Å². The first-order valence-electron chi connectivity index (χ1n) is 9.57. The van der Waals surface area contributed by atoms with E-state index in [4.69, 9.17) is 25.5 Å². The molecular weight excluding hydrogens is 390 g/mol. The van der Waals surface area contributed by atoms with Crippen LogP contribution in [0.25, 0.3) is 0 Å². The van der Waals surface area contributed by atoms with Gasteiger partial charge < -0.3 is 35.2 Å². The highest BCUT2D eigenvalue weighted by molar-refractivity contribution is 5.86. The maximum absolute atomic E-state index is 12.4. The van der Waals surface area contributed by atoms with Crippen LogP contribution in [0, 0.1) is 0 Å². The first kappa shape index (κ1) is 23.9. The van der Waals surface area contributed by atoms with Crippen molar-refractivity contribution in [2.24, 2.45) is 0 Å². The molecule has 1 heterocycles. The Balaban J connectivity index is 0.000000232. The topological polar surface area (TPSA) is 131 Å². The second-order valence-electron chi connectivity index (χ2n) is 7.21. The predicted molar refractivity (Wildman–Crippen MR) is 109 cm³/mol. The number of amides is 1. The number of ether oxygens (including phenoxy) is 1. The summed E-state index contributed by atoms with van der Waals surface area (Å²) in [6.07, 6.45) is -7.04. The fourth-order valence-corrected chi connectivity index (χ4v) is 3.11. The summed E-state index contributed by atoms with van der Waals surface area (Å²) in [7, 11) is 3.59. The van der Waals surface area contributed by atoms with E-state index in [9.17, 15) is 4.79 Å². The Hall–Kier alpha value is -2.33. The van der Waals surface area contributed by atoms with E-state index in [0.717, 1.165) is 11.1 Å². The van der Waals surface area contributed by atoms with Crippen molar-refractivity contribution in [2.45, 2.75) is 36.6 Å². The SMILES string of the molecule is CN(C)C(=O)C(c1ccccc1)c1ccccc1.OC[C@H]1OC(O)[C@@H](O)[C@@H](O)[C@@H]1O. The highest BCUT2D eigenvalue weighted by Crippen LogP contribution is 2.26. The van der Waals surface area contributed by atoms with Crippen LogP contribution < -0.4 is 0 Å². The maximum atomic E-state index is 12.4. The van der Waals surface area contributed by atoms with E-state index < -0.39 is 37.3 Å². The van der Waals surface area contributed by atoms with Crippen molar-refractivity contribution >= 4 is 5.91 Å². The molecule has 8 heteroatoms. The van der Waals surface area contributed by atoms with Crippen molar-refractivity contribution in [1.82, 2.24) is 4.90 Å². The first-order chi connectivity index (χ1) is 14.3. The summed E-state index contributed by atoms with van der Waals surface area (Å²) in [4.78, 5) is 14.0. The van der Waals surface area contributed by atoms with Gasteiger partial charge in [-0.25, -0.2) is 0 Å². The number of carbonyl (C=O) groups excluding carboxylic acids is 1. The molecule has 1 fully saturated rings. The molecule has 1 aliphatic heterocycles. The fourth-order valence-electron chi connectivity index (χ4n) is 3.11. The number of rotatable bonds is 4. The highest BCUT2D eigenvalue weighted by Gasteiger charge is 2.42. The molecule has 1 aliphatic rings. The van der Waals surface area contributed by atoms with E-state index in [0.29, 0.717) is 0 Å². The summed E-state index contributed by atoms with van der Waals surface area (Å²) in [5.74, 6) is -0.116. The Kier molecular flexibility index (Phi) is 8.91. The van der Waals surface area contributed by atoms with Gasteiger partial charge in [0.05, 0.1) is 12.5 Å². The van der Waals surface area contributed by atoms with Crippen LogP contribution in [0.1, 0.15) is 17.0 Å². The minimum Gasteiger partial charge on any atom is -0.394 e. The number of aliphatic hydroxyl groups excluding tert-OH is 5. The van der Waals surface area contributed by atoms with E-state index >= 15 is 0 Å². The van der Waals surface area contributed by atoms with Gasteiger partial charge in [0.15, 0.2) is 6.29 Å². The number of benzene rings is 2. The molecule has 0 saturated carbocycles. The minimum absolute atomic E-state index is 0.104. The molecule has 1 amide bonds. The lowest BCUT2D eigenvalue weighted by Gasteiger charge is -2.37. The summed E-state index contributed by atoms with van der Waals surface area (Å²) in [5.41, 5.74) is 2.06. The van der Waals surface area contributed by atoms with Gasteiger partial charge in [-0.3, -0.25) is 4.79 Å².